The van der Waals surface area contributed by atoms with Gasteiger partial charge >= 0.3 is 0 Å². The lowest BCUT2D eigenvalue weighted by Gasteiger charge is -2.13. The predicted octanol–water partition coefficient (Wildman–Crippen LogP) is 4.44. The molecular formula is C19H23NO. The fraction of sp³-hybridized carbons (Fsp3) is 0.316. The van der Waals surface area contributed by atoms with Crippen LogP contribution in [-0.2, 0) is 17.6 Å². The molecule has 0 spiro atoms. The molecule has 0 aliphatic heterocycles. The van der Waals surface area contributed by atoms with Crippen LogP contribution < -0.4 is 5.32 Å². The third kappa shape index (κ3) is 4.19. The maximum absolute atomic E-state index is 12.2. The molecule has 1 N–H and O–H groups in total. The molecule has 21 heavy (non-hydrogen) atoms. The molecule has 0 unspecified atom stereocenters. The van der Waals surface area contributed by atoms with Gasteiger partial charge in [-0.25, -0.2) is 0 Å². The predicted molar refractivity (Wildman–Crippen MR) is 88.7 cm³/mol. The minimum Gasteiger partial charge on any atom is -0.326 e. The molecule has 0 saturated carbocycles. The van der Waals surface area contributed by atoms with Gasteiger partial charge in [-0.2, -0.15) is 0 Å². The fourth-order valence-corrected chi connectivity index (χ4v) is 2.42. The van der Waals surface area contributed by atoms with E-state index in [9.17, 15) is 4.79 Å². The zero-order chi connectivity index (χ0) is 15.2. The van der Waals surface area contributed by atoms with Crippen LogP contribution in [0.2, 0.25) is 0 Å². The summed E-state index contributed by atoms with van der Waals surface area (Å²) < 4.78 is 0. The van der Waals surface area contributed by atoms with Crippen molar-refractivity contribution in [2.45, 2.75) is 40.0 Å². The minimum atomic E-state index is 0.0829. The van der Waals surface area contributed by atoms with Gasteiger partial charge in [-0.3, -0.25) is 4.79 Å². The van der Waals surface area contributed by atoms with Crippen molar-refractivity contribution in [3.05, 3.63) is 64.7 Å². The molecule has 2 heteroatoms. The summed E-state index contributed by atoms with van der Waals surface area (Å²) in [4.78, 5) is 12.2. The van der Waals surface area contributed by atoms with E-state index < -0.39 is 0 Å². The number of para-hydroxylation sites is 1. The Hall–Kier alpha value is -2.09. The highest BCUT2D eigenvalue weighted by molar-refractivity contribution is 5.92. The van der Waals surface area contributed by atoms with Crippen LogP contribution in [0.15, 0.2) is 42.5 Å². The molecule has 0 atom stereocenters. The molecule has 2 aromatic rings. The first-order valence-corrected chi connectivity index (χ1v) is 7.54. The van der Waals surface area contributed by atoms with Gasteiger partial charge in [0.1, 0.15) is 0 Å². The number of carbonyl (C=O) groups is 1. The Morgan fingerprint density at radius 1 is 1.05 bits per heavy atom. The van der Waals surface area contributed by atoms with Crippen molar-refractivity contribution in [1.82, 2.24) is 0 Å². The fourth-order valence-electron chi connectivity index (χ4n) is 2.42. The highest BCUT2D eigenvalue weighted by Gasteiger charge is 2.08. The first-order valence-electron chi connectivity index (χ1n) is 7.54. The highest BCUT2D eigenvalue weighted by Crippen LogP contribution is 2.21. The summed E-state index contributed by atoms with van der Waals surface area (Å²) in [5.41, 5.74) is 5.75. The van der Waals surface area contributed by atoms with Crippen LogP contribution in [0.1, 0.15) is 35.6 Å². The Balaban J connectivity index is 1.97. The lowest BCUT2D eigenvalue weighted by molar-refractivity contribution is -0.116. The second-order valence-corrected chi connectivity index (χ2v) is 5.50. The quantitative estimate of drug-likeness (QED) is 0.862. The van der Waals surface area contributed by atoms with Crippen molar-refractivity contribution in [1.29, 1.82) is 0 Å². The number of amides is 1. The first kappa shape index (κ1) is 15.3. The van der Waals surface area contributed by atoms with Crippen molar-refractivity contribution in [3.63, 3.8) is 0 Å². The van der Waals surface area contributed by atoms with Crippen LogP contribution in [0.5, 0.6) is 0 Å². The Morgan fingerprint density at radius 2 is 1.76 bits per heavy atom. The number of hydrogen-bond acceptors (Lipinski definition) is 1. The molecule has 2 nitrogen and oxygen atoms in total. The van der Waals surface area contributed by atoms with Crippen LogP contribution in [-0.4, -0.2) is 5.91 Å². The van der Waals surface area contributed by atoms with Gasteiger partial charge in [0.25, 0.3) is 0 Å². The smallest absolute Gasteiger partial charge is 0.224 e. The van der Waals surface area contributed by atoms with E-state index in [0.29, 0.717) is 6.42 Å². The Bertz CT molecular complexity index is 614. The van der Waals surface area contributed by atoms with E-state index in [2.05, 4.69) is 49.5 Å². The molecule has 2 aromatic carbocycles. The molecular weight excluding hydrogens is 258 g/mol. The van der Waals surface area contributed by atoms with Gasteiger partial charge in [0.15, 0.2) is 0 Å². The lowest BCUT2D eigenvalue weighted by atomic mass is 10.0. The number of nitrogens with one attached hydrogen (secondary N) is 1. The van der Waals surface area contributed by atoms with Crippen LogP contribution in [0, 0.1) is 13.8 Å². The van der Waals surface area contributed by atoms with Gasteiger partial charge in [-0.15, -0.1) is 0 Å². The van der Waals surface area contributed by atoms with E-state index in [-0.39, 0.29) is 5.91 Å². The molecule has 0 saturated heterocycles. The number of anilines is 1. The summed E-state index contributed by atoms with van der Waals surface area (Å²) in [6.07, 6.45) is 2.22. The van der Waals surface area contributed by atoms with E-state index in [0.717, 1.165) is 24.1 Å². The minimum absolute atomic E-state index is 0.0829. The molecule has 0 aliphatic carbocycles. The number of aryl methyl sites for hydroxylation is 4. The number of hydrogen-bond donors (Lipinski definition) is 1. The van der Waals surface area contributed by atoms with Crippen LogP contribution in [0.4, 0.5) is 5.69 Å². The largest absolute Gasteiger partial charge is 0.326 e. The third-order valence-electron chi connectivity index (χ3n) is 3.77. The van der Waals surface area contributed by atoms with Gasteiger partial charge in [0.2, 0.25) is 5.91 Å². The second-order valence-electron chi connectivity index (χ2n) is 5.50. The number of carbonyl (C=O) groups excluding carboxylic acids is 1. The zero-order valence-electron chi connectivity index (χ0n) is 13.1. The van der Waals surface area contributed by atoms with Gasteiger partial charge in [-0.1, -0.05) is 55.0 Å². The van der Waals surface area contributed by atoms with Crippen molar-refractivity contribution in [2.24, 2.45) is 0 Å². The van der Waals surface area contributed by atoms with E-state index in [1.165, 1.54) is 16.7 Å². The average Bonchev–Trinajstić information content (AvgIpc) is 2.49. The molecule has 0 fully saturated rings. The molecule has 110 valence electrons. The average molecular weight is 281 g/mol. The van der Waals surface area contributed by atoms with Crippen LogP contribution in [0.25, 0.3) is 0 Å². The van der Waals surface area contributed by atoms with Crippen molar-refractivity contribution in [2.75, 3.05) is 5.32 Å². The Kier molecular flexibility index (Phi) is 5.15. The second kappa shape index (κ2) is 7.07. The lowest BCUT2D eigenvalue weighted by Crippen LogP contribution is -2.14. The molecule has 2 rings (SSSR count). The molecule has 0 heterocycles. The zero-order valence-corrected chi connectivity index (χ0v) is 13.1. The maximum atomic E-state index is 12.2. The normalized spacial score (nSPS) is 10.4. The standard InChI is InChI=1S/C19H23NO/c1-4-17-7-5-6-15(3)19(17)20-18(21)13-12-16-10-8-14(2)9-11-16/h5-11H,4,12-13H2,1-3H3,(H,20,21). The third-order valence-corrected chi connectivity index (χ3v) is 3.77. The summed E-state index contributed by atoms with van der Waals surface area (Å²) in [7, 11) is 0. The first-order chi connectivity index (χ1) is 10.1. The van der Waals surface area contributed by atoms with E-state index in [1.54, 1.807) is 0 Å². The summed E-state index contributed by atoms with van der Waals surface area (Å²) in [5.74, 6) is 0.0829. The number of rotatable bonds is 5. The Morgan fingerprint density at radius 3 is 2.43 bits per heavy atom. The SMILES string of the molecule is CCc1cccc(C)c1NC(=O)CCc1ccc(C)cc1. The molecule has 0 radical (unpaired) electrons. The Labute approximate surface area is 127 Å². The topological polar surface area (TPSA) is 29.1 Å². The maximum Gasteiger partial charge on any atom is 0.224 e. The summed E-state index contributed by atoms with van der Waals surface area (Å²) in [5, 5.41) is 3.07. The summed E-state index contributed by atoms with van der Waals surface area (Å²) >= 11 is 0. The number of benzene rings is 2. The van der Waals surface area contributed by atoms with Crippen LogP contribution in [0.3, 0.4) is 0 Å². The van der Waals surface area contributed by atoms with E-state index in [1.807, 2.05) is 19.1 Å². The van der Waals surface area contributed by atoms with Gasteiger partial charge in [0, 0.05) is 12.1 Å². The summed E-state index contributed by atoms with van der Waals surface area (Å²) in [6, 6.07) is 14.5. The molecule has 0 bridgehead atoms. The van der Waals surface area contributed by atoms with E-state index in [4.69, 9.17) is 0 Å². The van der Waals surface area contributed by atoms with Crippen molar-refractivity contribution in [3.8, 4) is 0 Å². The van der Waals surface area contributed by atoms with E-state index >= 15 is 0 Å². The van der Waals surface area contributed by atoms with Gasteiger partial charge in [0.05, 0.1) is 0 Å². The van der Waals surface area contributed by atoms with Crippen LogP contribution >= 0.6 is 0 Å². The molecule has 0 aliphatic rings. The summed E-state index contributed by atoms with van der Waals surface area (Å²) in [6.45, 7) is 6.21. The van der Waals surface area contributed by atoms with Crippen molar-refractivity contribution < 1.29 is 4.79 Å². The molecule has 0 aromatic heterocycles. The van der Waals surface area contributed by atoms with Gasteiger partial charge in [-0.05, 0) is 43.4 Å². The highest BCUT2D eigenvalue weighted by atomic mass is 16.1. The monoisotopic (exact) mass is 281 g/mol. The van der Waals surface area contributed by atoms with Gasteiger partial charge < -0.3 is 5.32 Å². The molecule has 1 amide bonds. The van der Waals surface area contributed by atoms with Crippen molar-refractivity contribution >= 4 is 11.6 Å².